The SMILES string of the molecule is Clc1ccccc1COc1ccc(Nc2ncnc3ccccc23)cc1. The zero-order valence-corrected chi connectivity index (χ0v) is 14.6. The van der Waals surface area contributed by atoms with E-state index >= 15 is 0 Å². The van der Waals surface area contributed by atoms with Crippen molar-refractivity contribution < 1.29 is 4.74 Å². The molecule has 1 N–H and O–H groups in total. The van der Waals surface area contributed by atoms with Crippen molar-refractivity contribution in [1.29, 1.82) is 0 Å². The highest BCUT2D eigenvalue weighted by Crippen LogP contribution is 2.25. The van der Waals surface area contributed by atoms with Gasteiger partial charge >= 0.3 is 0 Å². The molecular formula is C21H16ClN3O. The van der Waals surface area contributed by atoms with Crippen LogP contribution in [-0.2, 0) is 6.61 Å². The first kappa shape index (κ1) is 16.4. The number of hydrogen-bond acceptors (Lipinski definition) is 4. The Labute approximate surface area is 156 Å². The van der Waals surface area contributed by atoms with Crippen LogP contribution in [0.5, 0.6) is 5.75 Å². The van der Waals surface area contributed by atoms with Crippen LogP contribution in [-0.4, -0.2) is 9.97 Å². The van der Waals surface area contributed by atoms with E-state index in [1.165, 1.54) is 0 Å². The maximum absolute atomic E-state index is 6.15. The van der Waals surface area contributed by atoms with E-state index in [1.807, 2.05) is 72.8 Å². The molecule has 0 radical (unpaired) electrons. The molecule has 0 amide bonds. The highest BCUT2D eigenvalue weighted by Gasteiger charge is 2.04. The second-order valence-electron chi connectivity index (χ2n) is 5.77. The summed E-state index contributed by atoms with van der Waals surface area (Å²) in [6.45, 7) is 0.434. The highest BCUT2D eigenvalue weighted by molar-refractivity contribution is 6.31. The summed E-state index contributed by atoms with van der Waals surface area (Å²) in [5.41, 5.74) is 2.80. The van der Waals surface area contributed by atoms with Crippen LogP contribution in [0.2, 0.25) is 5.02 Å². The molecule has 5 heteroatoms. The first-order valence-electron chi connectivity index (χ1n) is 8.23. The van der Waals surface area contributed by atoms with Gasteiger partial charge in [0.05, 0.1) is 5.52 Å². The van der Waals surface area contributed by atoms with E-state index < -0.39 is 0 Å². The summed E-state index contributed by atoms with van der Waals surface area (Å²) in [5.74, 6) is 1.56. The minimum atomic E-state index is 0.434. The topological polar surface area (TPSA) is 47.0 Å². The number of hydrogen-bond donors (Lipinski definition) is 1. The van der Waals surface area contributed by atoms with Gasteiger partial charge in [-0.25, -0.2) is 9.97 Å². The van der Waals surface area contributed by atoms with E-state index in [1.54, 1.807) is 6.33 Å². The molecule has 0 spiro atoms. The molecule has 4 rings (SSSR count). The smallest absolute Gasteiger partial charge is 0.141 e. The number of halogens is 1. The first-order valence-corrected chi connectivity index (χ1v) is 8.60. The van der Waals surface area contributed by atoms with Crippen LogP contribution in [0.4, 0.5) is 11.5 Å². The number of nitrogens with zero attached hydrogens (tertiary/aromatic N) is 2. The average molecular weight is 362 g/mol. The van der Waals surface area contributed by atoms with E-state index in [2.05, 4.69) is 15.3 Å². The maximum Gasteiger partial charge on any atom is 0.141 e. The van der Waals surface area contributed by atoms with E-state index in [9.17, 15) is 0 Å². The van der Waals surface area contributed by atoms with Crippen molar-refractivity contribution in [3.8, 4) is 5.75 Å². The molecule has 0 saturated heterocycles. The number of ether oxygens (including phenoxy) is 1. The lowest BCUT2D eigenvalue weighted by Crippen LogP contribution is -1.98. The zero-order chi connectivity index (χ0) is 17.8. The number of para-hydroxylation sites is 1. The van der Waals surface area contributed by atoms with Gasteiger partial charge in [0.15, 0.2) is 0 Å². The standard InChI is InChI=1S/C21H16ClN3O/c22-19-7-3-1-5-15(19)13-26-17-11-9-16(10-12-17)25-21-18-6-2-4-8-20(18)23-14-24-21/h1-12,14H,13H2,(H,23,24,25). The van der Waals surface area contributed by atoms with Crippen molar-refractivity contribution in [2.75, 3.05) is 5.32 Å². The van der Waals surface area contributed by atoms with Crippen LogP contribution in [0, 0.1) is 0 Å². The van der Waals surface area contributed by atoms with E-state index in [4.69, 9.17) is 16.3 Å². The Bertz CT molecular complexity index is 1030. The van der Waals surface area contributed by atoms with Gasteiger partial charge in [-0.05, 0) is 42.5 Å². The van der Waals surface area contributed by atoms with Crippen LogP contribution in [0.25, 0.3) is 10.9 Å². The largest absolute Gasteiger partial charge is 0.489 e. The van der Waals surface area contributed by atoms with Gasteiger partial charge in [0.1, 0.15) is 24.5 Å². The van der Waals surface area contributed by atoms with Crippen molar-refractivity contribution in [2.24, 2.45) is 0 Å². The van der Waals surface area contributed by atoms with Crippen LogP contribution >= 0.6 is 11.6 Å². The molecule has 3 aromatic carbocycles. The number of aromatic nitrogens is 2. The molecule has 4 aromatic rings. The Morgan fingerprint density at radius 1 is 0.846 bits per heavy atom. The van der Waals surface area contributed by atoms with E-state index in [0.29, 0.717) is 11.6 Å². The second kappa shape index (κ2) is 7.42. The van der Waals surface area contributed by atoms with Gasteiger partial charge in [0.25, 0.3) is 0 Å². The van der Waals surface area contributed by atoms with Crippen LogP contribution < -0.4 is 10.1 Å². The number of benzene rings is 3. The molecule has 0 aliphatic rings. The normalized spacial score (nSPS) is 10.7. The molecule has 0 atom stereocenters. The van der Waals surface area contributed by atoms with Gasteiger partial charge < -0.3 is 10.1 Å². The predicted molar refractivity (Wildman–Crippen MR) is 105 cm³/mol. The third-order valence-corrected chi connectivity index (χ3v) is 4.38. The molecule has 0 bridgehead atoms. The molecular weight excluding hydrogens is 346 g/mol. The molecule has 26 heavy (non-hydrogen) atoms. The molecule has 0 unspecified atom stereocenters. The Kier molecular flexibility index (Phi) is 4.67. The van der Waals surface area contributed by atoms with Crippen molar-refractivity contribution in [3.63, 3.8) is 0 Å². The summed E-state index contributed by atoms with van der Waals surface area (Å²) in [6, 6.07) is 23.3. The minimum absolute atomic E-state index is 0.434. The molecule has 1 aromatic heterocycles. The average Bonchev–Trinajstić information content (AvgIpc) is 2.69. The maximum atomic E-state index is 6.15. The summed E-state index contributed by atoms with van der Waals surface area (Å²) >= 11 is 6.15. The van der Waals surface area contributed by atoms with Gasteiger partial charge in [-0.1, -0.05) is 41.9 Å². The van der Waals surface area contributed by atoms with Crippen molar-refractivity contribution in [1.82, 2.24) is 9.97 Å². The van der Waals surface area contributed by atoms with Gasteiger partial charge in [0.2, 0.25) is 0 Å². The third-order valence-electron chi connectivity index (χ3n) is 4.01. The Morgan fingerprint density at radius 3 is 2.46 bits per heavy atom. The molecule has 0 fully saturated rings. The quantitative estimate of drug-likeness (QED) is 0.502. The monoisotopic (exact) mass is 361 g/mol. The van der Waals surface area contributed by atoms with Gasteiger partial charge in [-0.3, -0.25) is 0 Å². The summed E-state index contributed by atoms with van der Waals surface area (Å²) in [4.78, 5) is 8.62. The van der Waals surface area contributed by atoms with Crippen LogP contribution in [0.15, 0.2) is 79.1 Å². The van der Waals surface area contributed by atoms with Crippen LogP contribution in [0.1, 0.15) is 5.56 Å². The summed E-state index contributed by atoms with van der Waals surface area (Å²) in [7, 11) is 0. The second-order valence-corrected chi connectivity index (χ2v) is 6.18. The summed E-state index contributed by atoms with van der Waals surface area (Å²) < 4.78 is 5.81. The Balaban J connectivity index is 1.47. The summed E-state index contributed by atoms with van der Waals surface area (Å²) in [6.07, 6.45) is 1.56. The van der Waals surface area contributed by atoms with Gasteiger partial charge in [-0.15, -0.1) is 0 Å². The zero-order valence-electron chi connectivity index (χ0n) is 13.9. The number of anilines is 2. The number of nitrogens with one attached hydrogen (secondary N) is 1. The van der Waals surface area contributed by atoms with Crippen molar-refractivity contribution >= 4 is 34.0 Å². The Hall–Kier alpha value is -3.11. The third kappa shape index (κ3) is 3.60. The summed E-state index contributed by atoms with van der Waals surface area (Å²) in [5, 5.41) is 5.02. The van der Waals surface area contributed by atoms with Gasteiger partial charge in [-0.2, -0.15) is 0 Å². The molecule has 0 aliphatic carbocycles. The first-order chi connectivity index (χ1) is 12.8. The van der Waals surface area contributed by atoms with Gasteiger partial charge in [0, 0.05) is 21.7 Å². The molecule has 128 valence electrons. The fraction of sp³-hybridized carbons (Fsp3) is 0.0476. The Morgan fingerprint density at radius 2 is 1.62 bits per heavy atom. The fourth-order valence-electron chi connectivity index (χ4n) is 2.65. The van der Waals surface area contributed by atoms with Crippen molar-refractivity contribution in [2.45, 2.75) is 6.61 Å². The fourth-order valence-corrected chi connectivity index (χ4v) is 2.84. The molecule has 0 aliphatic heterocycles. The number of rotatable bonds is 5. The van der Waals surface area contributed by atoms with Crippen molar-refractivity contribution in [3.05, 3.63) is 89.7 Å². The lowest BCUT2D eigenvalue weighted by molar-refractivity contribution is 0.306. The lowest BCUT2D eigenvalue weighted by atomic mass is 10.2. The predicted octanol–water partition coefficient (Wildman–Crippen LogP) is 5.61. The van der Waals surface area contributed by atoms with E-state index in [0.717, 1.165) is 33.7 Å². The molecule has 4 nitrogen and oxygen atoms in total. The molecule has 0 saturated carbocycles. The number of fused-ring (bicyclic) bond motifs is 1. The molecule has 1 heterocycles. The van der Waals surface area contributed by atoms with Crippen LogP contribution in [0.3, 0.4) is 0 Å². The van der Waals surface area contributed by atoms with E-state index in [-0.39, 0.29) is 0 Å². The minimum Gasteiger partial charge on any atom is -0.489 e. The lowest BCUT2D eigenvalue weighted by Gasteiger charge is -2.10. The highest BCUT2D eigenvalue weighted by atomic mass is 35.5.